The van der Waals surface area contributed by atoms with Gasteiger partial charge < -0.3 is 9.73 Å². The number of hydrogen-bond donors (Lipinski definition) is 1. The molecule has 4 heteroatoms. The Kier molecular flexibility index (Phi) is 3.49. The van der Waals surface area contributed by atoms with E-state index in [-0.39, 0.29) is 5.78 Å². The summed E-state index contributed by atoms with van der Waals surface area (Å²) < 4.78 is 5.70. The summed E-state index contributed by atoms with van der Waals surface area (Å²) in [7, 11) is 0. The highest BCUT2D eigenvalue weighted by molar-refractivity contribution is 9.10. The van der Waals surface area contributed by atoms with Crippen molar-refractivity contribution in [3.8, 4) is 0 Å². The van der Waals surface area contributed by atoms with Gasteiger partial charge in [-0.25, -0.2) is 0 Å². The molecule has 0 amide bonds. The largest absolute Gasteiger partial charge is 0.460 e. The average molecular weight is 232 g/mol. The molecule has 12 heavy (non-hydrogen) atoms. The fourth-order valence-electron chi connectivity index (χ4n) is 0.812. The normalized spacial score (nSPS) is 10.2. The van der Waals surface area contributed by atoms with Gasteiger partial charge >= 0.3 is 0 Å². The highest BCUT2D eigenvalue weighted by atomic mass is 79.9. The first kappa shape index (κ1) is 9.48. The molecule has 1 aromatic heterocycles. The molecule has 0 radical (unpaired) electrons. The standard InChI is InChI=1S/C8H10BrNO2/c1-2-10-5-7(11)8-6(9)3-4-12-8/h3-4,10H,2,5H2,1H3. The molecular weight excluding hydrogens is 222 g/mol. The Bertz CT molecular complexity index is 270. The maximum Gasteiger partial charge on any atom is 0.212 e. The topological polar surface area (TPSA) is 42.2 Å². The van der Waals surface area contributed by atoms with Crippen LogP contribution in [0.1, 0.15) is 17.5 Å². The van der Waals surface area contributed by atoms with Gasteiger partial charge in [0.05, 0.1) is 17.3 Å². The number of carbonyl (C=O) groups is 1. The summed E-state index contributed by atoms with van der Waals surface area (Å²) in [6.45, 7) is 3.05. The first-order valence-electron chi connectivity index (χ1n) is 3.72. The molecule has 0 spiro atoms. The summed E-state index contributed by atoms with van der Waals surface area (Å²) in [5.41, 5.74) is 0. The van der Waals surface area contributed by atoms with Gasteiger partial charge in [-0.15, -0.1) is 0 Å². The van der Waals surface area contributed by atoms with E-state index in [1.807, 2.05) is 6.92 Å². The molecule has 0 aromatic carbocycles. The fraction of sp³-hybridized carbons (Fsp3) is 0.375. The lowest BCUT2D eigenvalue weighted by molar-refractivity contribution is 0.0964. The van der Waals surface area contributed by atoms with E-state index >= 15 is 0 Å². The Morgan fingerprint density at radius 1 is 1.75 bits per heavy atom. The lowest BCUT2D eigenvalue weighted by Crippen LogP contribution is -2.22. The van der Waals surface area contributed by atoms with Gasteiger partial charge in [0.2, 0.25) is 5.78 Å². The lowest BCUT2D eigenvalue weighted by Gasteiger charge is -1.97. The second-order valence-electron chi connectivity index (χ2n) is 2.30. The number of furan rings is 1. The maximum absolute atomic E-state index is 11.3. The maximum atomic E-state index is 11.3. The summed E-state index contributed by atoms with van der Waals surface area (Å²) in [5.74, 6) is 0.352. The van der Waals surface area contributed by atoms with E-state index in [2.05, 4.69) is 21.2 Å². The van der Waals surface area contributed by atoms with Crippen LogP contribution in [0.5, 0.6) is 0 Å². The molecule has 0 fully saturated rings. The van der Waals surface area contributed by atoms with E-state index in [4.69, 9.17) is 4.42 Å². The first-order valence-corrected chi connectivity index (χ1v) is 4.52. The molecule has 0 atom stereocenters. The second kappa shape index (κ2) is 4.42. The molecule has 66 valence electrons. The molecule has 3 nitrogen and oxygen atoms in total. The minimum atomic E-state index is -0.0336. The van der Waals surface area contributed by atoms with Crippen LogP contribution in [0.15, 0.2) is 21.2 Å². The molecule has 0 bridgehead atoms. The van der Waals surface area contributed by atoms with Crippen LogP contribution in [0, 0.1) is 0 Å². The van der Waals surface area contributed by atoms with E-state index < -0.39 is 0 Å². The molecule has 0 unspecified atom stereocenters. The number of likely N-dealkylation sites (N-methyl/N-ethyl adjacent to an activating group) is 1. The van der Waals surface area contributed by atoms with E-state index in [9.17, 15) is 4.79 Å². The number of halogens is 1. The predicted octanol–water partition coefficient (Wildman–Crippen LogP) is 1.83. The molecule has 0 saturated carbocycles. The molecule has 1 rings (SSSR count). The number of nitrogens with one attached hydrogen (secondary N) is 1. The average Bonchev–Trinajstić information content (AvgIpc) is 2.47. The third-order valence-corrected chi connectivity index (χ3v) is 2.03. The quantitative estimate of drug-likeness (QED) is 0.805. The Labute approximate surface area is 79.3 Å². The van der Waals surface area contributed by atoms with Gasteiger partial charge in [0.1, 0.15) is 0 Å². The number of ketones is 1. The summed E-state index contributed by atoms with van der Waals surface area (Å²) in [4.78, 5) is 11.3. The van der Waals surface area contributed by atoms with Crippen molar-refractivity contribution >= 4 is 21.7 Å². The lowest BCUT2D eigenvalue weighted by atomic mass is 10.3. The van der Waals surface area contributed by atoms with Crippen LogP contribution in [-0.4, -0.2) is 18.9 Å². The Morgan fingerprint density at radius 2 is 2.50 bits per heavy atom. The van der Waals surface area contributed by atoms with Gasteiger partial charge in [0, 0.05) is 0 Å². The van der Waals surface area contributed by atoms with Gasteiger partial charge in [-0.3, -0.25) is 4.79 Å². The van der Waals surface area contributed by atoms with E-state index in [0.29, 0.717) is 16.8 Å². The zero-order chi connectivity index (χ0) is 8.97. The van der Waals surface area contributed by atoms with Crippen LogP contribution in [0.2, 0.25) is 0 Å². The van der Waals surface area contributed by atoms with Crippen molar-refractivity contribution < 1.29 is 9.21 Å². The van der Waals surface area contributed by atoms with Crippen LogP contribution in [-0.2, 0) is 0 Å². The number of Topliss-reactive ketones (excluding diaryl/α,β-unsaturated/α-hetero) is 1. The Balaban J connectivity index is 2.59. The summed E-state index contributed by atoms with van der Waals surface area (Å²) >= 11 is 3.22. The van der Waals surface area contributed by atoms with Crippen molar-refractivity contribution in [3.63, 3.8) is 0 Å². The van der Waals surface area contributed by atoms with E-state index in [1.54, 1.807) is 6.07 Å². The van der Waals surface area contributed by atoms with E-state index in [0.717, 1.165) is 6.54 Å². The van der Waals surface area contributed by atoms with Crippen molar-refractivity contribution in [1.29, 1.82) is 0 Å². The smallest absolute Gasteiger partial charge is 0.212 e. The van der Waals surface area contributed by atoms with Crippen LogP contribution in [0.25, 0.3) is 0 Å². The molecule has 0 saturated heterocycles. The summed E-state index contributed by atoms with van der Waals surface area (Å²) in [6.07, 6.45) is 1.49. The predicted molar refractivity (Wildman–Crippen MR) is 49.3 cm³/mol. The van der Waals surface area contributed by atoms with Crippen molar-refractivity contribution in [3.05, 3.63) is 22.6 Å². The van der Waals surface area contributed by atoms with Crippen LogP contribution >= 0.6 is 15.9 Å². The van der Waals surface area contributed by atoms with E-state index in [1.165, 1.54) is 6.26 Å². The zero-order valence-electron chi connectivity index (χ0n) is 6.76. The van der Waals surface area contributed by atoms with Crippen LogP contribution in [0.4, 0.5) is 0 Å². The molecule has 0 aliphatic heterocycles. The van der Waals surface area contributed by atoms with Crippen molar-refractivity contribution in [1.82, 2.24) is 5.32 Å². The summed E-state index contributed by atoms with van der Waals surface area (Å²) in [6, 6.07) is 1.71. The number of rotatable bonds is 4. The molecule has 0 aliphatic carbocycles. The molecule has 1 aromatic rings. The fourth-order valence-corrected chi connectivity index (χ4v) is 1.23. The van der Waals surface area contributed by atoms with Gasteiger partial charge in [0.25, 0.3) is 0 Å². The zero-order valence-corrected chi connectivity index (χ0v) is 8.35. The Morgan fingerprint density at radius 3 is 3.00 bits per heavy atom. The van der Waals surface area contributed by atoms with Gasteiger partial charge in [-0.2, -0.15) is 0 Å². The minimum absolute atomic E-state index is 0.0336. The third-order valence-electron chi connectivity index (χ3n) is 1.41. The molecule has 0 aliphatic rings. The van der Waals surface area contributed by atoms with Crippen molar-refractivity contribution in [2.75, 3.05) is 13.1 Å². The third kappa shape index (κ3) is 2.19. The second-order valence-corrected chi connectivity index (χ2v) is 3.16. The molecule has 1 heterocycles. The first-order chi connectivity index (χ1) is 5.75. The van der Waals surface area contributed by atoms with Crippen molar-refractivity contribution in [2.45, 2.75) is 6.92 Å². The van der Waals surface area contributed by atoms with Gasteiger partial charge in [0.15, 0.2) is 5.76 Å². The van der Waals surface area contributed by atoms with Crippen molar-refractivity contribution in [2.24, 2.45) is 0 Å². The van der Waals surface area contributed by atoms with Crippen LogP contribution < -0.4 is 5.32 Å². The monoisotopic (exact) mass is 231 g/mol. The molecule has 1 N–H and O–H groups in total. The Hall–Kier alpha value is -0.610. The van der Waals surface area contributed by atoms with Gasteiger partial charge in [-0.1, -0.05) is 6.92 Å². The summed E-state index contributed by atoms with van der Waals surface area (Å²) in [5, 5.41) is 2.93. The minimum Gasteiger partial charge on any atom is -0.460 e. The van der Waals surface area contributed by atoms with Gasteiger partial charge in [-0.05, 0) is 28.5 Å². The number of hydrogen-bond acceptors (Lipinski definition) is 3. The highest BCUT2D eigenvalue weighted by Crippen LogP contribution is 2.17. The molecular formula is C8H10BrNO2. The van der Waals surface area contributed by atoms with Crippen LogP contribution in [0.3, 0.4) is 0 Å². The number of carbonyl (C=O) groups excluding carboxylic acids is 1. The SMILES string of the molecule is CCNCC(=O)c1occc1Br. The highest BCUT2D eigenvalue weighted by Gasteiger charge is 2.12.